The highest BCUT2D eigenvalue weighted by atomic mass is 79.9. The summed E-state index contributed by atoms with van der Waals surface area (Å²) < 4.78 is 1.01. The fourth-order valence-electron chi connectivity index (χ4n) is 1.19. The van der Waals surface area contributed by atoms with Gasteiger partial charge in [0, 0.05) is 4.47 Å². The van der Waals surface area contributed by atoms with Crippen LogP contribution in [0.4, 0.5) is 0 Å². The summed E-state index contributed by atoms with van der Waals surface area (Å²) in [6.45, 7) is 0. The minimum absolute atomic E-state index is 0.326. The highest BCUT2D eigenvalue weighted by molar-refractivity contribution is 9.10. The van der Waals surface area contributed by atoms with Gasteiger partial charge in [0.1, 0.15) is 5.82 Å². The minimum atomic E-state index is 0.326. The number of halogens is 1. The molecule has 1 N–H and O–H groups in total. The Morgan fingerprint density at radius 3 is 3.15 bits per heavy atom. The summed E-state index contributed by atoms with van der Waals surface area (Å²) in [7, 11) is 0. The number of fused-ring (bicyclic) bond motifs is 1. The van der Waals surface area contributed by atoms with Crippen LogP contribution in [-0.2, 0) is 6.42 Å². The lowest BCUT2D eigenvalue weighted by atomic mass is 10.3. The second kappa shape index (κ2) is 3.19. The summed E-state index contributed by atoms with van der Waals surface area (Å²) in [6, 6.07) is 7.85. The maximum atomic E-state index is 8.48. The monoisotopic (exact) mass is 235 g/mol. The molecule has 1 heterocycles. The number of benzene rings is 1. The molecule has 1 aromatic carbocycles. The van der Waals surface area contributed by atoms with E-state index in [1.165, 1.54) is 0 Å². The molecule has 3 nitrogen and oxygen atoms in total. The predicted molar refractivity (Wildman–Crippen MR) is 53.1 cm³/mol. The number of nitrogens with one attached hydrogen (secondary N) is 1. The van der Waals surface area contributed by atoms with Crippen LogP contribution in [0, 0.1) is 11.3 Å². The van der Waals surface area contributed by atoms with Crippen molar-refractivity contribution in [3.8, 4) is 6.07 Å². The standard InChI is InChI=1S/C9H6BrN3/c10-6-1-2-7-8(5-6)13-9(12-7)3-4-11/h1-2,5H,3H2,(H,12,13). The molecule has 64 valence electrons. The van der Waals surface area contributed by atoms with Gasteiger partial charge in [-0.3, -0.25) is 0 Å². The maximum Gasteiger partial charge on any atom is 0.121 e. The van der Waals surface area contributed by atoms with Crippen molar-refractivity contribution in [1.82, 2.24) is 9.97 Å². The zero-order valence-electron chi connectivity index (χ0n) is 6.71. The Kier molecular flexibility index (Phi) is 2.03. The van der Waals surface area contributed by atoms with Crippen molar-refractivity contribution >= 4 is 27.0 Å². The molecule has 1 aromatic heterocycles. The largest absolute Gasteiger partial charge is 0.341 e. The van der Waals surface area contributed by atoms with Crippen LogP contribution in [0.15, 0.2) is 22.7 Å². The van der Waals surface area contributed by atoms with Gasteiger partial charge in [-0.25, -0.2) is 4.98 Å². The molecule has 0 amide bonds. The Bertz CT molecular complexity index is 481. The van der Waals surface area contributed by atoms with Gasteiger partial charge in [-0.15, -0.1) is 0 Å². The van der Waals surface area contributed by atoms with Gasteiger partial charge in [-0.1, -0.05) is 15.9 Å². The fourth-order valence-corrected chi connectivity index (χ4v) is 1.55. The van der Waals surface area contributed by atoms with Crippen LogP contribution in [0.3, 0.4) is 0 Å². The van der Waals surface area contributed by atoms with Crippen LogP contribution < -0.4 is 0 Å². The molecule has 0 radical (unpaired) electrons. The van der Waals surface area contributed by atoms with Crippen LogP contribution >= 0.6 is 15.9 Å². The van der Waals surface area contributed by atoms with Crippen LogP contribution in [0.25, 0.3) is 11.0 Å². The van der Waals surface area contributed by atoms with Crippen molar-refractivity contribution in [2.75, 3.05) is 0 Å². The SMILES string of the molecule is N#CCc1nc2ccc(Br)cc2[nH]1. The second-order valence-electron chi connectivity index (χ2n) is 2.68. The summed E-state index contributed by atoms with van der Waals surface area (Å²) in [5.41, 5.74) is 1.85. The number of H-pyrrole nitrogens is 1. The summed E-state index contributed by atoms with van der Waals surface area (Å²) in [5, 5.41) is 8.48. The van der Waals surface area contributed by atoms with Gasteiger partial charge in [0.05, 0.1) is 23.5 Å². The van der Waals surface area contributed by atoms with Gasteiger partial charge in [0.25, 0.3) is 0 Å². The molecule has 0 bridgehead atoms. The third kappa shape index (κ3) is 1.56. The molecule has 0 saturated heterocycles. The van der Waals surface area contributed by atoms with E-state index in [9.17, 15) is 0 Å². The summed E-state index contributed by atoms with van der Waals surface area (Å²) >= 11 is 3.37. The molecule has 0 saturated carbocycles. The summed E-state index contributed by atoms with van der Waals surface area (Å²) in [6.07, 6.45) is 0.326. The van der Waals surface area contributed by atoms with Crippen molar-refractivity contribution in [3.05, 3.63) is 28.5 Å². The zero-order chi connectivity index (χ0) is 9.26. The Morgan fingerprint density at radius 2 is 2.38 bits per heavy atom. The lowest BCUT2D eigenvalue weighted by Gasteiger charge is -1.87. The molecule has 0 aliphatic heterocycles. The number of nitriles is 1. The highest BCUT2D eigenvalue weighted by Crippen LogP contribution is 2.17. The van der Waals surface area contributed by atoms with Gasteiger partial charge >= 0.3 is 0 Å². The Hall–Kier alpha value is -1.34. The van der Waals surface area contributed by atoms with Crippen LogP contribution in [0.5, 0.6) is 0 Å². The number of nitrogens with zero attached hydrogens (tertiary/aromatic N) is 2. The molecule has 0 atom stereocenters. The number of aromatic nitrogens is 2. The maximum absolute atomic E-state index is 8.48. The molecule has 2 aromatic rings. The topological polar surface area (TPSA) is 52.5 Å². The van der Waals surface area contributed by atoms with Crippen molar-refractivity contribution in [1.29, 1.82) is 5.26 Å². The number of hydrogen-bond acceptors (Lipinski definition) is 2. The molecule has 0 aliphatic rings. The van der Waals surface area contributed by atoms with E-state index >= 15 is 0 Å². The van der Waals surface area contributed by atoms with Crippen molar-refractivity contribution in [2.45, 2.75) is 6.42 Å². The number of hydrogen-bond donors (Lipinski definition) is 1. The van der Waals surface area contributed by atoms with Crippen LogP contribution in [-0.4, -0.2) is 9.97 Å². The Balaban J connectivity index is 2.57. The summed E-state index contributed by atoms with van der Waals surface area (Å²) in [4.78, 5) is 7.32. The second-order valence-corrected chi connectivity index (χ2v) is 3.60. The molecule has 4 heteroatoms. The van der Waals surface area contributed by atoms with Crippen molar-refractivity contribution in [3.63, 3.8) is 0 Å². The first kappa shape index (κ1) is 8.27. The van der Waals surface area contributed by atoms with Gasteiger partial charge in [0.15, 0.2) is 0 Å². The molecule has 13 heavy (non-hydrogen) atoms. The smallest absolute Gasteiger partial charge is 0.121 e. The van der Waals surface area contributed by atoms with Crippen molar-refractivity contribution < 1.29 is 0 Å². The van der Waals surface area contributed by atoms with E-state index in [2.05, 4.69) is 32.0 Å². The van der Waals surface area contributed by atoms with E-state index in [0.717, 1.165) is 21.3 Å². The molecular weight excluding hydrogens is 230 g/mol. The molecule has 0 unspecified atom stereocenters. The summed E-state index contributed by atoms with van der Waals surface area (Å²) in [5.74, 6) is 0.718. The molecule has 2 rings (SSSR count). The zero-order valence-corrected chi connectivity index (χ0v) is 8.30. The first-order valence-corrected chi connectivity index (χ1v) is 4.60. The average Bonchev–Trinajstić information content (AvgIpc) is 2.46. The average molecular weight is 236 g/mol. The fraction of sp³-hybridized carbons (Fsp3) is 0.111. The lowest BCUT2D eigenvalue weighted by Crippen LogP contribution is -1.81. The molecular formula is C9H6BrN3. The molecule has 0 fully saturated rings. The van der Waals surface area contributed by atoms with E-state index < -0.39 is 0 Å². The quantitative estimate of drug-likeness (QED) is 0.826. The molecule has 0 spiro atoms. The van der Waals surface area contributed by atoms with Gasteiger partial charge in [0.2, 0.25) is 0 Å². The first-order chi connectivity index (χ1) is 6.29. The Labute approximate surface area is 83.5 Å². The third-order valence-corrected chi connectivity index (χ3v) is 2.23. The predicted octanol–water partition coefficient (Wildman–Crippen LogP) is 2.39. The van der Waals surface area contributed by atoms with Gasteiger partial charge < -0.3 is 4.98 Å². The van der Waals surface area contributed by atoms with E-state index in [0.29, 0.717) is 6.42 Å². The van der Waals surface area contributed by atoms with E-state index in [1.54, 1.807) is 0 Å². The lowest BCUT2D eigenvalue weighted by molar-refractivity contribution is 1.08. The minimum Gasteiger partial charge on any atom is -0.341 e. The first-order valence-electron chi connectivity index (χ1n) is 3.80. The van der Waals surface area contributed by atoms with Crippen LogP contribution in [0.2, 0.25) is 0 Å². The van der Waals surface area contributed by atoms with E-state index in [-0.39, 0.29) is 0 Å². The van der Waals surface area contributed by atoms with Gasteiger partial charge in [-0.2, -0.15) is 5.26 Å². The normalized spacial score (nSPS) is 10.2. The van der Waals surface area contributed by atoms with Crippen LogP contribution in [0.1, 0.15) is 5.82 Å². The van der Waals surface area contributed by atoms with E-state index in [1.807, 2.05) is 18.2 Å². The van der Waals surface area contributed by atoms with E-state index in [4.69, 9.17) is 5.26 Å². The number of imidazole rings is 1. The number of rotatable bonds is 1. The number of aromatic amines is 1. The third-order valence-electron chi connectivity index (χ3n) is 1.74. The highest BCUT2D eigenvalue weighted by Gasteiger charge is 2.01. The molecule has 0 aliphatic carbocycles. The Morgan fingerprint density at radius 1 is 1.54 bits per heavy atom. The van der Waals surface area contributed by atoms with Gasteiger partial charge in [-0.05, 0) is 18.2 Å². The van der Waals surface area contributed by atoms with Crippen molar-refractivity contribution in [2.24, 2.45) is 0 Å².